The molecule has 0 aliphatic heterocycles. The molecular formula is C21H17ClN4O2S. The van der Waals surface area contributed by atoms with Crippen LogP contribution in [0.1, 0.15) is 21.1 Å². The SMILES string of the molecule is Cc1cccc(=O)n1-c1ccc(-n2cnc(CNC(=O)c3ccc(Cl)s3)c2)cc1. The molecule has 0 radical (unpaired) electrons. The summed E-state index contributed by atoms with van der Waals surface area (Å²) in [5, 5.41) is 2.84. The fourth-order valence-electron chi connectivity index (χ4n) is 2.99. The van der Waals surface area contributed by atoms with Crippen LogP contribution in [0.2, 0.25) is 4.34 Å². The monoisotopic (exact) mass is 424 g/mol. The summed E-state index contributed by atoms with van der Waals surface area (Å²) in [6.45, 7) is 2.22. The molecular weight excluding hydrogens is 408 g/mol. The van der Waals surface area contributed by atoms with Crippen LogP contribution in [-0.4, -0.2) is 20.0 Å². The minimum Gasteiger partial charge on any atom is -0.346 e. The number of thiophene rings is 1. The van der Waals surface area contributed by atoms with Gasteiger partial charge in [-0.15, -0.1) is 11.3 Å². The van der Waals surface area contributed by atoms with Crippen molar-refractivity contribution in [1.82, 2.24) is 19.4 Å². The number of nitrogens with zero attached hydrogens (tertiary/aromatic N) is 3. The van der Waals surface area contributed by atoms with Crippen molar-refractivity contribution < 1.29 is 4.79 Å². The van der Waals surface area contributed by atoms with Crippen molar-refractivity contribution in [2.45, 2.75) is 13.5 Å². The summed E-state index contributed by atoms with van der Waals surface area (Å²) in [4.78, 5) is 29.2. The molecule has 0 aliphatic carbocycles. The topological polar surface area (TPSA) is 68.9 Å². The maximum atomic E-state index is 12.1. The predicted octanol–water partition coefficient (Wildman–Crippen LogP) is 3.98. The zero-order valence-corrected chi connectivity index (χ0v) is 17.1. The van der Waals surface area contributed by atoms with Gasteiger partial charge in [-0.3, -0.25) is 14.2 Å². The number of rotatable bonds is 5. The van der Waals surface area contributed by atoms with Gasteiger partial charge in [-0.25, -0.2) is 4.98 Å². The molecule has 0 spiro atoms. The number of imidazole rings is 1. The molecule has 4 aromatic rings. The number of pyridine rings is 1. The number of hydrogen-bond acceptors (Lipinski definition) is 4. The Morgan fingerprint density at radius 3 is 2.55 bits per heavy atom. The van der Waals surface area contributed by atoms with E-state index in [2.05, 4.69) is 10.3 Å². The van der Waals surface area contributed by atoms with Gasteiger partial charge < -0.3 is 9.88 Å². The highest BCUT2D eigenvalue weighted by atomic mass is 35.5. The van der Waals surface area contributed by atoms with Gasteiger partial charge in [0.15, 0.2) is 0 Å². The van der Waals surface area contributed by atoms with Gasteiger partial charge in [0.25, 0.3) is 11.5 Å². The number of carbonyl (C=O) groups is 1. The van der Waals surface area contributed by atoms with E-state index in [4.69, 9.17) is 11.6 Å². The lowest BCUT2D eigenvalue weighted by atomic mass is 10.2. The summed E-state index contributed by atoms with van der Waals surface area (Å²) in [7, 11) is 0. The minimum absolute atomic E-state index is 0.0644. The molecule has 6 nitrogen and oxygen atoms in total. The second-order valence-corrected chi connectivity index (χ2v) is 8.13. The van der Waals surface area contributed by atoms with Gasteiger partial charge in [0.1, 0.15) is 0 Å². The molecule has 3 aromatic heterocycles. The molecule has 146 valence electrons. The van der Waals surface area contributed by atoms with Crippen molar-refractivity contribution in [3.05, 3.63) is 98.1 Å². The van der Waals surface area contributed by atoms with E-state index >= 15 is 0 Å². The molecule has 0 saturated carbocycles. The number of halogens is 1. The van der Waals surface area contributed by atoms with Crippen molar-refractivity contribution in [2.75, 3.05) is 0 Å². The molecule has 0 atom stereocenters. The Bertz CT molecular complexity index is 1220. The van der Waals surface area contributed by atoms with Crippen molar-refractivity contribution in [1.29, 1.82) is 0 Å². The molecule has 3 heterocycles. The van der Waals surface area contributed by atoms with E-state index in [9.17, 15) is 9.59 Å². The highest BCUT2D eigenvalue weighted by Gasteiger charge is 2.09. The maximum absolute atomic E-state index is 12.1. The smallest absolute Gasteiger partial charge is 0.261 e. The van der Waals surface area contributed by atoms with Crippen LogP contribution < -0.4 is 10.9 Å². The number of benzene rings is 1. The summed E-state index contributed by atoms with van der Waals surface area (Å²) >= 11 is 7.10. The molecule has 8 heteroatoms. The molecule has 0 fully saturated rings. The molecule has 0 aliphatic rings. The average molecular weight is 425 g/mol. The van der Waals surface area contributed by atoms with E-state index < -0.39 is 0 Å². The molecule has 0 unspecified atom stereocenters. The summed E-state index contributed by atoms with van der Waals surface area (Å²) in [6, 6.07) is 16.2. The van der Waals surface area contributed by atoms with Crippen LogP contribution in [0, 0.1) is 6.92 Å². The number of carbonyl (C=O) groups excluding carboxylic acids is 1. The first-order valence-electron chi connectivity index (χ1n) is 8.87. The number of aryl methyl sites for hydroxylation is 1. The third-order valence-corrected chi connectivity index (χ3v) is 5.65. The number of nitrogens with one attached hydrogen (secondary N) is 1. The van der Waals surface area contributed by atoms with Gasteiger partial charge in [0.2, 0.25) is 0 Å². The minimum atomic E-state index is -0.176. The van der Waals surface area contributed by atoms with E-state index in [1.165, 1.54) is 11.3 Å². The quantitative estimate of drug-likeness (QED) is 0.527. The van der Waals surface area contributed by atoms with Crippen LogP contribution in [0.15, 0.2) is 71.9 Å². The van der Waals surface area contributed by atoms with Crippen LogP contribution in [-0.2, 0) is 6.54 Å². The van der Waals surface area contributed by atoms with E-state index in [1.807, 2.05) is 48.0 Å². The molecule has 1 N–H and O–H groups in total. The first-order valence-corrected chi connectivity index (χ1v) is 10.1. The van der Waals surface area contributed by atoms with Gasteiger partial charge in [-0.05, 0) is 49.4 Å². The van der Waals surface area contributed by atoms with Crippen molar-refractivity contribution in [3.63, 3.8) is 0 Å². The highest BCUT2D eigenvalue weighted by Crippen LogP contribution is 2.21. The second-order valence-electron chi connectivity index (χ2n) is 6.42. The number of amides is 1. The fourth-order valence-corrected chi connectivity index (χ4v) is 3.95. The Kier molecular flexibility index (Phi) is 5.33. The van der Waals surface area contributed by atoms with E-state index in [-0.39, 0.29) is 11.5 Å². The lowest BCUT2D eigenvalue weighted by Gasteiger charge is -2.10. The van der Waals surface area contributed by atoms with Crippen LogP contribution in [0.25, 0.3) is 11.4 Å². The lowest BCUT2D eigenvalue weighted by Crippen LogP contribution is -2.21. The predicted molar refractivity (Wildman–Crippen MR) is 114 cm³/mol. The largest absolute Gasteiger partial charge is 0.346 e. The zero-order chi connectivity index (χ0) is 20.4. The van der Waals surface area contributed by atoms with E-state index in [1.54, 1.807) is 35.2 Å². The van der Waals surface area contributed by atoms with Crippen molar-refractivity contribution >= 4 is 28.8 Å². The van der Waals surface area contributed by atoms with Gasteiger partial charge in [-0.2, -0.15) is 0 Å². The maximum Gasteiger partial charge on any atom is 0.261 e. The average Bonchev–Trinajstić information content (AvgIpc) is 3.36. The Labute approximate surface area is 176 Å². The van der Waals surface area contributed by atoms with Crippen molar-refractivity contribution in [2.24, 2.45) is 0 Å². The van der Waals surface area contributed by atoms with Crippen LogP contribution in [0.3, 0.4) is 0 Å². The Morgan fingerprint density at radius 2 is 1.86 bits per heavy atom. The van der Waals surface area contributed by atoms with Crippen molar-refractivity contribution in [3.8, 4) is 11.4 Å². The summed E-state index contributed by atoms with van der Waals surface area (Å²) < 4.78 is 4.11. The fraction of sp³-hybridized carbons (Fsp3) is 0.0952. The van der Waals surface area contributed by atoms with E-state index in [0.717, 1.165) is 22.8 Å². The molecule has 1 aromatic carbocycles. The number of hydrogen-bond donors (Lipinski definition) is 1. The Hall–Kier alpha value is -3.16. The summed E-state index contributed by atoms with van der Waals surface area (Å²) in [5.74, 6) is -0.176. The molecule has 4 rings (SSSR count). The molecule has 0 bridgehead atoms. The van der Waals surface area contributed by atoms with Gasteiger partial charge in [-0.1, -0.05) is 17.7 Å². The highest BCUT2D eigenvalue weighted by molar-refractivity contribution is 7.17. The first-order chi connectivity index (χ1) is 14.0. The molecule has 0 saturated heterocycles. The number of aromatic nitrogens is 3. The Morgan fingerprint density at radius 1 is 1.10 bits per heavy atom. The molecule has 29 heavy (non-hydrogen) atoms. The van der Waals surface area contributed by atoms with Crippen LogP contribution in [0.4, 0.5) is 0 Å². The molecule has 1 amide bonds. The normalized spacial score (nSPS) is 10.8. The second kappa shape index (κ2) is 8.06. The third-order valence-electron chi connectivity index (χ3n) is 4.42. The van der Waals surface area contributed by atoms with Crippen LogP contribution >= 0.6 is 22.9 Å². The lowest BCUT2D eigenvalue weighted by molar-refractivity contribution is 0.0954. The van der Waals surface area contributed by atoms with Gasteiger partial charge >= 0.3 is 0 Å². The standard InChI is InChI=1S/C21H17ClN4O2S/c1-14-3-2-4-20(27)26(14)17-7-5-16(6-8-17)25-12-15(24-13-25)11-23-21(28)18-9-10-19(22)29-18/h2-10,12-13H,11H2,1H3,(H,23,28). The third kappa shape index (κ3) is 4.16. The summed E-state index contributed by atoms with van der Waals surface area (Å²) in [6.07, 6.45) is 3.55. The van der Waals surface area contributed by atoms with Gasteiger partial charge in [0, 0.05) is 29.3 Å². The van der Waals surface area contributed by atoms with E-state index in [0.29, 0.717) is 15.8 Å². The van der Waals surface area contributed by atoms with Crippen LogP contribution in [0.5, 0.6) is 0 Å². The Balaban J connectivity index is 1.47. The van der Waals surface area contributed by atoms with Gasteiger partial charge in [0.05, 0.1) is 27.8 Å². The zero-order valence-electron chi connectivity index (χ0n) is 15.5. The summed E-state index contributed by atoms with van der Waals surface area (Å²) in [5.41, 5.74) is 3.26. The first kappa shape index (κ1) is 19.2.